The summed E-state index contributed by atoms with van der Waals surface area (Å²) in [6, 6.07) is 3.70. The molecule has 0 bridgehead atoms. The maximum absolute atomic E-state index is 12.4. The third-order valence-electron chi connectivity index (χ3n) is 7.18. The molecular formula is C25H35N5O5. The van der Waals surface area contributed by atoms with Crippen molar-refractivity contribution in [1.29, 1.82) is 0 Å². The quantitative estimate of drug-likeness (QED) is 0.558. The fraction of sp³-hybridized carbons (Fsp3) is 0.640. The van der Waals surface area contributed by atoms with Gasteiger partial charge in [0.15, 0.2) is 0 Å². The van der Waals surface area contributed by atoms with Gasteiger partial charge in [0.25, 0.3) is 0 Å². The van der Waals surface area contributed by atoms with E-state index in [1.807, 2.05) is 19.1 Å². The monoisotopic (exact) mass is 485 g/mol. The zero-order valence-corrected chi connectivity index (χ0v) is 20.8. The molecule has 190 valence electrons. The molecule has 1 N–H and O–H groups in total. The second-order valence-electron chi connectivity index (χ2n) is 9.80. The lowest BCUT2D eigenvalue weighted by Gasteiger charge is -2.29. The highest BCUT2D eigenvalue weighted by molar-refractivity contribution is 5.70. The SMILES string of the molecule is Cc1nc(-c2nnn(C)c2COC(=O)N(C)CC2CCC2)ccc1OC1CCC[C@H](C(=O)O)CC1. The van der Waals surface area contributed by atoms with Crippen molar-refractivity contribution >= 4 is 12.1 Å². The van der Waals surface area contributed by atoms with Crippen molar-refractivity contribution in [2.45, 2.75) is 71.0 Å². The van der Waals surface area contributed by atoms with Gasteiger partial charge in [0, 0.05) is 20.6 Å². The van der Waals surface area contributed by atoms with Gasteiger partial charge >= 0.3 is 12.1 Å². The van der Waals surface area contributed by atoms with Gasteiger partial charge in [-0.25, -0.2) is 14.5 Å². The molecule has 2 atom stereocenters. The Morgan fingerprint density at radius 3 is 2.60 bits per heavy atom. The Bertz CT molecular complexity index is 1050. The minimum Gasteiger partial charge on any atom is -0.489 e. The van der Waals surface area contributed by atoms with Gasteiger partial charge in [0.2, 0.25) is 0 Å². The number of carboxylic acid groups (broad SMARTS) is 1. The first-order chi connectivity index (χ1) is 16.8. The molecule has 35 heavy (non-hydrogen) atoms. The first kappa shape index (κ1) is 24.9. The second kappa shape index (κ2) is 11.0. The summed E-state index contributed by atoms with van der Waals surface area (Å²) in [7, 11) is 3.53. The van der Waals surface area contributed by atoms with Crippen molar-refractivity contribution in [1.82, 2.24) is 24.9 Å². The lowest BCUT2D eigenvalue weighted by Crippen LogP contribution is -2.34. The standard InChI is InChI=1S/C25H35N5O5/c1-16-22(35-19-9-5-8-18(10-11-19)24(31)32)13-12-20(26-16)23-21(30(3)28-27-23)15-34-25(33)29(2)14-17-6-4-7-17/h12-13,17-19H,4-11,14-15H2,1-3H3,(H,31,32)/t18-,19?/m0/s1. The van der Waals surface area contributed by atoms with Crippen molar-refractivity contribution in [2.75, 3.05) is 13.6 Å². The number of aryl methyl sites for hydroxylation is 2. The van der Waals surface area contributed by atoms with Gasteiger partial charge in [-0.2, -0.15) is 0 Å². The third kappa shape index (κ3) is 6.10. The Balaban J connectivity index is 1.39. The maximum atomic E-state index is 12.4. The summed E-state index contributed by atoms with van der Waals surface area (Å²) in [6.45, 7) is 2.65. The van der Waals surface area contributed by atoms with Gasteiger partial charge in [0.1, 0.15) is 23.7 Å². The highest BCUT2D eigenvalue weighted by atomic mass is 16.6. The number of ether oxygens (including phenoxy) is 2. The van der Waals surface area contributed by atoms with Crippen LogP contribution in [0.5, 0.6) is 5.75 Å². The summed E-state index contributed by atoms with van der Waals surface area (Å²) in [5.41, 5.74) is 2.58. The van der Waals surface area contributed by atoms with Gasteiger partial charge in [0.05, 0.1) is 23.4 Å². The van der Waals surface area contributed by atoms with Gasteiger partial charge in [-0.05, 0) is 69.9 Å². The molecular weight excluding hydrogens is 450 g/mol. The number of carboxylic acids is 1. The van der Waals surface area contributed by atoms with E-state index in [-0.39, 0.29) is 24.7 Å². The smallest absolute Gasteiger partial charge is 0.409 e. The summed E-state index contributed by atoms with van der Waals surface area (Å²) < 4.78 is 13.3. The maximum Gasteiger partial charge on any atom is 0.409 e. The number of pyridine rings is 1. The van der Waals surface area contributed by atoms with E-state index in [0.717, 1.165) is 25.1 Å². The Labute approximate surface area is 205 Å². The molecule has 0 spiro atoms. The second-order valence-corrected chi connectivity index (χ2v) is 9.80. The largest absolute Gasteiger partial charge is 0.489 e. The zero-order valence-electron chi connectivity index (χ0n) is 20.8. The molecule has 2 aromatic heterocycles. The van der Waals surface area contributed by atoms with E-state index < -0.39 is 5.97 Å². The summed E-state index contributed by atoms with van der Waals surface area (Å²) in [5, 5.41) is 17.7. The first-order valence-corrected chi connectivity index (χ1v) is 12.5. The first-order valence-electron chi connectivity index (χ1n) is 12.5. The third-order valence-corrected chi connectivity index (χ3v) is 7.18. The molecule has 0 saturated heterocycles. The minimum atomic E-state index is -0.719. The Morgan fingerprint density at radius 1 is 1.14 bits per heavy atom. The van der Waals surface area contributed by atoms with E-state index in [2.05, 4.69) is 15.3 Å². The van der Waals surface area contributed by atoms with E-state index >= 15 is 0 Å². The lowest BCUT2D eigenvalue weighted by atomic mass is 9.85. The minimum absolute atomic E-state index is 0.0193. The number of carbonyl (C=O) groups is 2. The Morgan fingerprint density at radius 2 is 1.91 bits per heavy atom. The molecule has 10 nitrogen and oxygen atoms in total. The Hall–Kier alpha value is -3.17. The van der Waals surface area contributed by atoms with Crippen LogP contribution in [-0.2, 0) is 23.2 Å². The topological polar surface area (TPSA) is 120 Å². The number of amides is 1. The number of carbonyl (C=O) groups excluding carboxylic acids is 1. The van der Waals surface area contributed by atoms with Gasteiger partial charge in [-0.1, -0.05) is 11.6 Å². The predicted octanol–water partition coefficient (Wildman–Crippen LogP) is 3.97. The fourth-order valence-electron chi connectivity index (χ4n) is 4.73. The summed E-state index contributed by atoms with van der Waals surface area (Å²) in [6.07, 6.45) is 6.91. The fourth-order valence-corrected chi connectivity index (χ4v) is 4.73. The number of hydrogen-bond donors (Lipinski definition) is 1. The highest BCUT2D eigenvalue weighted by Gasteiger charge is 2.26. The van der Waals surface area contributed by atoms with E-state index in [1.54, 1.807) is 23.7 Å². The zero-order chi connectivity index (χ0) is 24.9. The van der Waals surface area contributed by atoms with Crippen molar-refractivity contribution < 1.29 is 24.2 Å². The molecule has 0 aromatic carbocycles. The molecule has 2 fully saturated rings. The van der Waals surface area contributed by atoms with Crippen molar-refractivity contribution in [3.05, 3.63) is 23.5 Å². The van der Waals surface area contributed by atoms with Gasteiger partial charge in [-0.3, -0.25) is 4.79 Å². The van der Waals surface area contributed by atoms with Crippen LogP contribution in [0, 0.1) is 18.8 Å². The average molecular weight is 486 g/mol. The van der Waals surface area contributed by atoms with Crippen LogP contribution in [0.2, 0.25) is 0 Å². The molecule has 2 aliphatic rings. The summed E-state index contributed by atoms with van der Waals surface area (Å²) in [5.74, 6) is 0.253. The van der Waals surface area contributed by atoms with E-state index in [9.17, 15) is 14.7 Å². The van der Waals surface area contributed by atoms with Gasteiger partial charge in [-0.15, -0.1) is 5.10 Å². The van der Waals surface area contributed by atoms with Crippen molar-refractivity contribution in [2.24, 2.45) is 18.9 Å². The van der Waals surface area contributed by atoms with Crippen LogP contribution in [0.3, 0.4) is 0 Å². The highest BCUT2D eigenvalue weighted by Crippen LogP contribution is 2.30. The van der Waals surface area contributed by atoms with Crippen LogP contribution in [0.4, 0.5) is 4.79 Å². The van der Waals surface area contributed by atoms with Crippen LogP contribution < -0.4 is 4.74 Å². The molecule has 2 aromatic rings. The van der Waals surface area contributed by atoms with Gasteiger partial charge < -0.3 is 19.5 Å². The molecule has 1 amide bonds. The predicted molar refractivity (Wildman–Crippen MR) is 128 cm³/mol. The van der Waals surface area contributed by atoms with E-state index in [4.69, 9.17) is 9.47 Å². The number of aromatic nitrogens is 4. The lowest BCUT2D eigenvalue weighted by molar-refractivity contribution is -0.142. The van der Waals surface area contributed by atoms with Crippen LogP contribution in [0.25, 0.3) is 11.4 Å². The molecule has 2 saturated carbocycles. The van der Waals surface area contributed by atoms with Crippen LogP contribution >= 0.6 is 0 Å². The molecule has 2 aliphatic carbocycles. The molecule has 4 rings (SSSR count). The number of rotatable bonds is 8. The molecule has 0 aliphatic heterocycles. The molecule has 1 unspecified atom stereocenters. The summed E-state index contributed by atoms with van der Waals surface area (Å²) >= 11 is 0. The van der Waals surface area contributed by atoms with E-state index in [0.29, 0.717) is 48.0 Å². The van der Waals surface area contributed by atoms with Crippen LogP contribution in [0.15, 0.2) is 12.1 Å². The number of hydrogen-bond acceptors (Lipinski definition) is 7. The van der Waals surface area contributed by atoms with Crippen LogP contribution in [0.1, 0.15) is 62.8 Å². The summed E-state index contributed by atoms with van der Waals surface area (Å²) in [4.78, 5) is 30.1. The Kier molecular flexibility index (Phi) is 7.87. The molecule has 0 radical (unpaired) electrons. The average Bonchev–Trinajstić information content (AvgIpc) is 3.00. The number of aliphatic carboxylic acids is 1. The van der Waals surface area contributed by atoms with Crippen LogP contribution in [-0.4, -0.2) is 61.7 Å². The number of nitrogens with zero attached hydrogens (tertiary/aromatic N) is 5. The van der Waals surface area contributed by atoms with E-state index in [1.165, 1.54) is 19.3 Å². The normalized spacial score (nSPS) is 20.5. The van der Waals surface area contributed by atoms with Crippen molar-refractivity contribution in [3.63, 3.8) is 0 Å². The molecule has 10 heteroatoms. The van der Waals surface area contributed by atoms with Crippen molar-refractivity contribution in [3.8, 4) is 17.1 Å². The molecule has 2 heterocycles.